The molecule has 0 spiro atoms. The molecule has 0 amide bonds. The van der Waals surface area contributed by atoms with Crippen LogP contribution >= 0.6 is 40.3 Å². The van der Waals surface area contributed by atoms with Gasteiger partial charge in [-0.15, -0.1) is 17.0 Å². The van der Waals surface area contributed by atoms with Crippen molar-refractivity contribution in [1.29, 1.82) is 0 Å². The Morgan fingerprint density at radius 1 is 1.20 bits per heavy atom. The molecule has 2 aromatic rings. The number of halogens is 2. The number of nitrogens with zero attached hydrogens (tertiary/aromatic N) is 2. The summed E-state index contributed by atoms with van der Waals surface area (Å²) in [5.74, 6) is 1.05. The van der Waals surface area contributed by atoms with E-state index in [2.05, 4.69) is 6.92 Å². The third kappa shape index (κ3) is 5.09. The zero-order valence-electron chi connectivity index (χ0n) is 13.9. The highest BCUT2D eigenvalue weighted by Gasteiger charge is 2.25. The molecular weight excluding hydrogens is 420 g/mol. The molecule has 25 heavy (non-hydrogen) atoms. The predicted molar refractivity (Wildman–Crippen MR) is 114 cm³/mol. The van der Waals surface area contributed by atoms with E-state index >= 15 is 0 Å². The number of anilines is 1. The van der Waals surface area contributed by atoms with Gasteiger partial charge in [0, 0.05) is 22.0 Å². The summed E-state index contributed by atoms with van der Waals surface area (Å²) in [5, 5.41) is 1.59. The maximum Gasteiger partial charge on any atom is 0.182 e. The summed E-state index contributed by atoms with van der Waals surface area (Å²) in [7, 11) is 0. The van der Waals surface area contributed by atoms with Crippen LogP contribution in [-0.4, -0.2) is 29.3 Å². The number of rotatable bonds is 5. The van der Waals surface area contributed by atoms with Gasteiger partial charge in [0.2, 0.25) is 0 Å². The van der Waals surface area contributed by atoms with Crippen molar-refractivity contribution in [2.75, 3.05) is 17.2 Å². The lowest BCUT2D eigenvalue weighted by atomic mass is 10.1. The number of hydrogen-bond acceptors (Lipinski definition) is 4. The van der Waals surface area contributed by atoms with E-state index in [1.807, 2.05) is 59.5 Å². The minimum absolute atomic E-state index is 0. The summed E-state index contributed by atoms with van der Waals surface area (Å²) in [5.41, 5.74) is 1.65. The van der Waals surface area contributed by atoms with Gasteiger partial charge in [-0.3, -0.25) is 9.79 Å². The van der Waals surface area contributed by atoms with Crippen LogP contribution in [0.4, 0.5) is 5.69 Å². The number of ketones is 1. The van der Waals surface area contributed by atoms with E-state index < -0.39 is 0 Å². The average molecular weight is 440 g/mol. The number of benzene rings is 2. The van der Waals surface area contributed by atoms with Crippen molar-refractivity contribution in [3.8, 4) is 0 Å². The molecule has 1 heterocycles. The third-order valence-electron chi connectivity index (χ3n) is 3.94. The molecule has 0 fully saturated rings. The van der Waals surface area contributed by atoms with Crippen LogP contribution in [0.5, 0.6) is 0 Å². The van der Waals surface area contributed by atoms with E-state index in [-0.39, 0.29) is 29.3 Å². The molecule has 6 heteroatoms. The number of amidine groups is 1. The van der Waals surface area contributed by atoms with Gasteiger partial charge in [-0.2, -0.15) is 0 Å². The molecule has 0 N–H and O–H groups in total. The smallest absolute Gasteiger partial charge is 0.182 e. The Balaban J connectivity index is 0.00000225. The fourth-order valence-corrected chi connectivity index (χ4v) is 3.83. The fraction of sp³-hybridized carbons (Fsp3) is 0.263. The summed E-state index contributed by atoms with van der Waals surface area (Å²) < 4.78 is 0. The number of Topliss-reactive ketones (excluding diaryl/α,β-unsaturated/α-hetero) is 1. The van der Waals surface area contributed by atoms with Crippen LogP contribution in [0.3, 0.4) is 0 Å². The van der Waals surface area contributed by atoms with Crippen LogP contribution in [0.15, 0.2) is 59.6 Å². The molecule has 1 aliphatic heterocycles. The maximum atomic E-state index is 12.7. The van der Waals surface area contributed by atoms with Crippen molar-refractivity contribution in [2.45, 2.75) is 19.4 Å². The number of thioether (sulfide) groups is 1. The summed E-state index contributed by atoms with van der Waals surface area (Å²) in [6, 6.07) is 17.3. The zero-order chi connectivity index (χ0) is 16.9. The first-order chi connectivity index (χ1) is 11.7. The topological polar surface area (TPSA) is 32.7 Å². The lowest BCUT2D eigenvalue weighted by molar-refractivity contribution is 0.100. The Morgan fingerprint density at radius 3 is 2.48 bits per heavy atom. The lowest BCUT2D eigenvalue weighted by Crippen LogP contribution is -2.33. The number of carbonyl (C=O) groups excluding carboxylic acids is 1. The molecule has 1 atom stereocenters. The Kier molecular flexibility index (Phi) is 7.54. The zero-order valence-corrected chi connectivity index (χ0v) is 17.2. The van der Waals surface area contributed by atoms with Gasteiger partial charge in [0.15, 0.2) is 11.0 Å². The molecule has 0 saturated heterocycles. The van der Waals surface area contributed by atoms with Crippen LogP contribution in [0.25, 0.3) is 0 Å². The first kappa shape index (κ1) is 20.0. The molecule has 3 rings (SSSR count). The second-order valence-electron chi connectivity index (χ2n) is 5.64. The van der Waals surface area contributed by atoms with E-state index in [1.165, 1.54) is 0 Å². The predicted octanol–water partition coefficient (Wildman–Crippen LogP) is 5.49. The first-order valence-corrected chi connectivity index (χ1v) is 9.35. The summed E-state index contributed by atoms with van der Waals surface area (Å²) in [6.07, 6.45) is 1.01. The molecule has 132 valence electrons. The SMILES string of the molecule is Br.CCC1CSC(N(CC(=O)c2ccccc2)c2ccc(Cl)cc2)=N1. The van der Waals surface area contributed by atoms with Crippen LogP contribution < -0.4 is 4.90 Å². The van der Waals surface area contributed by atoms with E-state index in [4.69, 9.17) is 16.6 Å². The normalized spacial score (nSPS) is 16.1. The van der Waals surface area contributed by atoms with Crippen molar-refractivity contribution >= 4 is 57.0 Å². The van der Waals surface area contributed by atoms with E-state index in [0.29, 0.717) is 16.6 Å². The van der Waals surface area contributed by atoms with Gasteiger partial charge in [0.1, 0.15) is 0 Å². The van der Waals surface area contributed by atoms with Gasteiger partial charge in [0.05, 0.1) is 12.6 Å². The van der Waals surface area contributed by atoms with Crippen molar-refractivity contribution < 1.29 is 4.79 Å². The minimum atomic E-state index is 0. The number of hydrogen-bond donors (Lipinski definition) is 0. The van der Waals surface area contributed by atoms with Crippen LogP contribution in [-0.2, 0) is 0 Å². The number of carbonyl (C=O) groups is 1. The molecule has 0 saturated carbocycles. The Morgan fingerprint density at radius 2 is 1.88 bits per heavy atom. The monoisotopic (exact) mass is 438 g/mol. The van der Waals surface area contributed by atoms with E-state index in [9.17, 15) is 4.79 Å². The molecule has 1 unspecified atom stereocenters. The van der Waals surface area contributed by atoms with Gasteiger partial charge >= 0.3 is 0 Å². The molecular formula is C19H20BrClN2OS. The molecule has 3 nitrogen and oxygen atoms in total. The Hall–Kier alpha value is -1.30. The fourth-order valence-electron chi connectivity index (χ4n) is 2.51. The highest BCUT2D eigenvalue weighted by atomic mass is 79.9. The van der Waals surface area contributed by atoms with Gasteiger partial charge in [0.25, 0.3) is 0 Å². The lowest BCUT2D eigenvalue weighted by Gasteiger charge is -2.23. The summed E-state index contributed by atoms with van der Waals surface area (Å²) in [6.45, 7) is 2.41. The van der Waals surface area contributed by atoms with Crippen molar-refractivity contribution in [3.63, 3.8) is 0 Å². The van der Waals surface area contributed by atoms with Gasteiger partial charge in [-0.05, 0) is 30.7 Å². The largest absolute Gasteiger partial charge is 0.313 e. The van der Waals surface area contributed by atoms with Crippen LogP contribution in [0.2, 0.25) is 5.02 Å². The first-order valence-electron chi connectivity index (χ1n) is 7.99. The highest BCUT2D eigenvalue weighted by molar-refractivity contribution is 8.93. The molecule has 0 aromatic heterocycles. The summed E-state index contributed by atoms with van der Waals surface area (Å²) in [4.78, 5) is 19.4. The maximum absolute atomic E-state index is 12.7. The Bertz CT molecular complexity index is 737. The minimum Gasteiger partial charge on any atom is -0.313 e. The second-order valence-corrected chi connectivity index (χ2v) is 7.06. The third-order valence-corrected chi connectivity index (χ3v) is 5.32. The van der Waals surface area contributed by atoms with Crippen LogP contribution in [0.1, 0.15) is 23.7 Å². The van der Waals surface area contributed by atoms with E-state index in [1.54, 1.807) is 11.8 Å². The van der Waals surface area contributed by atoms with Gasteiger partial charge in [-0.1, -0.05) is 60.6 Å². The average Bonchev–Trinajstić information content (AvgIpc) is 3.10. The van der Waals surface area contributed by atoms with Gasteiger partial charge in [-0.25, -0.2) is 0 Å². The number of aliphatic imine (C=N–C) groups is 1. The highest BCUT2D eigenvalue weighted by Crippen LogP contribution is 2.28. The van der Waals surface area contributed by atoms with Crippen LogP contribution in [0, 0.1) is 0 Å². The summed E-state index contributed by atoms with van der Waals surface area (Å²) >= 11 is 7.71. The van der Waals surface area contributed by atoms with Crippen molar-refractivity contribution in [3.05, 3.63) is 65.2 Å². The standard InChI is InChI=1S/C19H19ClN2OS.BrH/c1-2-16-13-24-19(21-16)22(17-10-8-15(20)9-11-17)12-18(23)14-6-4-3-5-7-14;/h3-11,16H,2,12-13H2,1H3;1H. The van der Waals surface area contributed by atoms with Crippen molar-refractivity contribution in [2.24, 2.45) is 4.99 Å². The second kappa shape index (κ2) is 9.41. The molecule has 1 aliphatic rings. The van der Waals surface area contributed by atoms with Crippen molar-refractivity contribution in [1.82, 2.24) is 0 Å². The molecule has 2 aromatic carbocycles. The quantitative estimate of drug-likeness (QED) is 0.578. The van der Waals surface area contributed by atoms with Gasteiger partial charge < -0.3 is 4.90 Å². The van der Waals surface area contributed by atoms with E-state index in [0.717, 1.165) is 23.0 Å². The molecule has 0 aliphatic carbocycles. The molecule has 0 radical (unpaired) electrons. The molecule has 0 bridgehead atoms. The Labute approximate surface area is 168 Å².